The predicted molar refractivity (Wildman–Crippen MR) is 77.4 cm³/mol. The Morgan fingerprint density at radius 2 is 1.91 bits per heavy atom. The number of hydrogen-bond donors (Lipinski definition) is 3. The van der Waals surface area contributed by atoms with Gasteiger partial charge in [-0.2, -0.15) is 5.10 Å². The van der Waals surface area contributed by atoms with Crippen molar-refractivity contribution in [2.45, 2.75) is 0 Å². The van der Waals surface area contributed by atoms with Gasteiger partial charge in [0.25, 0.3) is 5.91 Å². The van der Waals surface area contributed by atoms with Crippen LogP contribution in [0.1, 0.15) is 5.56 Å². The van der Waals surface area contributed by atoms with E-state index in [1.165, 1.54) is 48.7 Å². The summed E-state index contributed by atoms with van der Waals surface area (Å²) in [5, 5.41) is 22.1. The summed E-state index contributed by atoms with van der Waals surface area (Å²) in [5.74, 6) is -1.05. The second-order valence-electron chi connectivity index (χ2n) is 4.28. The molecular formula is C15H13FN2O4. The third-order valence-corrected chi connectivity index (χ3v) is 2.59. The van der Waals surface area contributed by atoms with E-state index in [1.54, 1.807) is 0 Å². The first kappa shape index (κ1) is 15.3. The molecule has 114 valence electrons. The van der Waals surface area contributed by atoms with Gasteiger partial charge in [-0.05, 0) is 48.0 Å². The molecule has 2 rings (SSSR count). The van der Waals surface area contributed by atoms with E-state index in [0.717, 1.165) is 0 Å². The first-order chi connectivity index (χ1) is 10.5. The number of amides is 1. The van der Waals surface area contributed by atoms with Gasteiger partial charge in [0.1, 0.15) is 11.6 Å². The largest absolute Gasteiger partial charge is 0.504 e. The van der Waals surface area contributed by atoms with Crippen LogP contribution in [-0.2, 0) is 4.79 Å². The zero-order chi connectivity index (χ0) is 15.9. The van der Waals surface area contributed by atoms with Crippen molar-refractivity contribution in [3.63, 3.8) is 0 Å². The first-order valence-corrected chi connectivity index (χ1v) is 6.27. The number of rotatable bonds is 5. The molecule has 0 saturated heterocycles. The molecule has 0 saturated carbocycles. The lowest BCUT2D eigenvalue weighted by molar-refractivity contribution is -0.123. The molecule has 0 heterocycles. The van der Waals surface area contributed by atoms with Crippen LogP contribution >= 0.6 is 0 Å². The molecule has 0 spiro atoms. The number of phenols is 2. The highest BCUT2D eigenvalue weighted by Crippen LogP contribution is 2.23. The fourth-order valence-electron chi connectivity index (χ4n) is 1.51. The van der Waals surface area contributed by atoms with Gasteiger partial charge < -0.3 is 14.9 Å². The van der Waals surface area contributed by atoms with Crippen molar-refractivity contribution < 1.29 is 24.1 Å². The molecule has 3 N–H and O–H groups in total. The maximum Gasteiger partial charge on any atom is 0.277 e. The minimum absolute atomic E-state index is 0.242. The molecule has 0 bridgehead atoms. The van der Waals surface area contributed by atoms with Crippen molar-refractivity contribution in [2.75, 3.05) is 6.61 Å². The molecule has 0 aromatic heterocycles. The maximum atomic E-state index is 12.7. The SMILES string of the molecule is O=C(COc1ccc(F)cc1)N/N=C/c1ccc(O)c(O)c1. The number of hydrazone groups is 1. The summed E-state index contributed by atoms with van der Waals surface area (Å²) < 4.78 is 17.8. The Hall–Kier alpha value is -3.09. The Labute approximate surface area is 125 Å². The van der Waals surface area contributed by atoms with E-state index in [0.29, 0.717) is 11.3 Å². The minimum Gasteiger partial charge on any atom is -0.504 e. The zero-order valence-electron chi connectivity index (χ0n) is 11.4. The predicted octanol–water partition coefficient (Wildman–Crippen LogP) is 1.77. The number of hydrogen-bond acceptors (Lipinski definition) is 5. The molecular weight excluding hydrogens is 291 g/mol. The molecule has 7 heteroatoms. The van der Waals surface area contributed by atoms with Gasteiger partial charge in [-0.1, -0.05) is 0 Å². The average Bonchev–Trinajstić information content (AvgIpc) is 2.50. The van der Waals surface area contributed by atoms with Crippen LogP contribution in [0.25, 0.3) is 0 Å². The summed E-state index contributed by atoms with van der Waals surface area (Å²) in [7, 11) is 0. The van der Waals surface area contributed by atoms with Gasteiger partial charge >= 0.3 is 0 Å². The molecule has 2 aromatic carbocycles. The normalized spacial score (nSPS) is 10.6. The lowest BCUT2D eigenvalue weighted by Crippen LogP contribution is -2.24. The number of aromatic hydroxyl groups is 2. The van der Waals surface area contributed by atoms with Crippen LogP contribution in [0.15, 0.2) is 47.6 Å². The number of ether oxygens (including phenoxy) is 1. The van der Waals surface area contributed by atoms with Gasteiger partial charge in [-0.25, -0.2) is 9.82 Å². The second kappa shape index (κ2) is 7.07. The van der Waals surface area contributed by atoms with Crippen LogP contribution in [0.2, 0.25) is 0 Å². The molecule has 0 fully saturated rings. The Kier molecular flexibility index (Phi) is 4.92. The zero-order valence-corrected chi connectivity index (χ0v) is 11.4. The lowest BCUT2D eigenvalue weighted by atomic mass is 10.2. The van der Waals surface area contributed by atoms with E-state index in [2.05, 4.69) is 10.5 Å². The highest BCUT2D eigenvalue weighted by Gasteiger charge is 2.02. The van der Waals surface area contributed by atoms with Gasteiger partial charge in [0.05, 0.1) is 6.21 Å². The number of carbonyl (C=O) groups is 1. The molecule has 1 amide bonds. The molecule has 6 nitrogen and oxygen atoms in total. The maximum absolute atomic E-state index is 12.7. The molecule has 0 unspecified atom stereocenters. The Morgan fingerprint density at radius 3 is 2.59 bits per heavy atom. The van der Waals surface area contributed by atoms with Crippen molar-refractivity contribution in [3.05, 3.63) is 53.8 Å². The minimum atomic E-state index is -0.497. The molecule has 0 radical (unpaired) electrons. The standard InChI is InChI=1S/C15H13FN2O4/c16-11-2-4-12(5-3-11)22-9-15(21)18-17-8-10-1-6-13(19)14(20)7-10/h1-8,19-20H,9H2,(H,18,21)/b17-8+. The fraction of sp³-hybridized carbons (Fsp3) is 0.0667. The Morgan fingerprint density at radius 1 is 1.18 bits per heavy atom. The van der Waals surface area contributed by atoms with Crippen LogP contribution in [0.5, 0.6) is 17.2 Å². The molecule has 0 atom stereocenters. The van der Waals surface area contributed by atoms with Gasteiger partial charge in [0.2, 0.25) is 0 Å². The van der Waals surface area contributed by atoms with Crippen LogP contribution in [0.4, 0.5) is 4.39 Å². The average molecular weight is 304 g/mol. The van der Waals surface area contributed by atoms with E-state index in [1.807, 2.05) is 0 Å². The van der Waals surface area contributed by atoms with Gasteiger partial charge in [-0.3, -0.25) is 4.79 Å². The summed E-state index contributed by atoms with van der Waals surface area (Å²) in [6.45, 7) is -0.274. The van der Waals surface area contributed by atoms with Crippen LogP contribution < -0.4 is 10.2 Å². The third-order valence-electron chi connectivity index (χ3n) is 2.59. The Balaban J connectivity index is 1.80. The van der Waals surface area contributed by atoms with E-state index in [4.69, 9.17) is 9.84 Å². The molecule has 0 aliphatic carbocycles. The quantitative estimate of drug-likeness (QED) is 0.446. The summed E-state index contributed by atoms with van der Waals surface area (Å²) in [6.07, 6.45) is 1.30. The number of benzene rings is 2. The van der Waals surface area contributed by atoms with Gasteiger partial charge in [0.15, 0.2) is 18.1 Å². The topological polar surface area (TPSA) is 91.2 Å². The number of nitrogens with zero attached hydrogens (tertiary/aromatic N) is 1. The smallest absolute Gasteiger partial charge is 0.277 e. The summed E-state index contributed by atoms with van der Waals surface area (Å²) in [5.41, 5.74) is 2.73. The second-order valence-corrected chi connectivity index (χ2v) is 4.28. The van der Waals surface area contributed by atoms with Crippen LogP contribution in [0, 0.1) is 5.82 Å². The van der Waals surface area contributed by atoms with Gasteiger partial charge in [-0.15, -0.1) is 0 Å². The number of halogens is 1. The van der Waals surface area contributed by atoms with E-state index < -0.39 is 11.7 Å². The lowest BCUT2D eigenvalue weighted by Gasteiger charge is -2.04. The van der Waals surface area contributed by atoms with Crippen molar-refractivity contribution in [1.29, 1.82) is 0 Å². The monoisotopic (exact) mass is 304 g/mol. The Bertz CT molecular complexity index is 686. The van der Waals surface area contributed by atoms with E-state index in [9.17, 15) is 14.3 Å². The summed E-state index contributed by atoms with van der Waals surface area (Å²) in [4.78, 5) is 11.5. The number of nitrogens with one attached hydrogen (secondary N) is 1. The van der Waals surface area contributed by atoms with Crippen molar-refractivity contribution in [1.82, 2.24) is 5.43 Å². The molecule has 2 aromatic rings. The molecule has 0 aliphatic heterocycles. The van der Waals surface area contributed by atoms with Crippen molar-refractivity contribution in [2.24, 2.45) is 5.10 Å². The summed E-state index contributed by atoms with van der Waals surface area (Å²) in [6, 6.07) is 9.37. The van der Waals surface area contributed by atoms with Crippen LogP contribution in [0.3, 0.4) is 0 Å². The molecule has 0 aliphatic rings. The van der Waals surface area contributed by atoms with Crippen molar-refractivity contribution in [3.8, 4) is 17.2 Å². The van der Waals surface area contributed by atoms with Crippen LogP contribution in [-0.4, -0.2) is 28.9 Å². The first-order valence-electron chi connectivity index (χ1n) is 6.27. The fourth-order valence-corrected chi connectivity index (χ4v) is 1.51. The van der Waals surface area contributed by atoms with E-state index in [-0.39, 0.29) is 18.1 Å². The third kappa shape index (κ3) is 4.48. The summed E-state index contributed by atoms with van der Waals surface area (Å²) >= 11 is 0. The van der Waals surface area contributed by atoms with Crippen molar-refractivity contribution >= 4 is 12.1 Å². The van der Waals surface area contributed by atoms with E-state index >= 15 is 0 Å². The number of carbonyl (C=O) groups excluding carboxylic acids is 1. The highest BCUT2D eigenvalue weighted by atomic mass is 19.1. The molecule has 22 heavy (non-hydrogen) atoms. The highest BCUT2D eigenvalue weighted by molar-refractivity contribution is 5.83. The number of phenolic OH excluding ortho intramolecular Hbond substituents is 2. The van der Waals surface area contributed by atoms with Gasteiger partial charge in [0, 0.05) is 0 Å².